The number of piperidine rings is 1. The predicted molar refractivity (Wildman–Crippen MR) is 223 cm³/mol. The van der Waals surface area contributed by atoms with Gasteiger partial charge in [0.1, 0.15) is 5.82 Å². The van der Waals surface area contributed by atoms with Gasteiger partial charge in [0.2, 0.25) is 0 Å². The van der Waals surface area contributed by atoms with E-state index in [1.54, 1.807) is 6.92 Å². The van der Waals surface area contributed by atoms with Crippen LogP contribution in [0.5, 0.6) is 0 Å². The Morgan fingerprint density at radius 2 is 1.54 bits per heavy atom. The molecule has 304 valence electrons. The average Bonchev–Trinajstić information content (AvgIpc) is 3.57. The Hall–Kier alpha value is -4.10. The molecule has 1 N–H and O–H groups in total. The molecule has 2 atom stereocenters. The molecule has 0 saturated carbocycles. The lowest BCUT2D eigenvalue weighted by atomic mass is 9.92. The number of aromatic nitrogens is 3. The molecule has 0 radical (unpaired) electrons. The van der Waals surface area contributed by atoms with Gasteiger partial charge < -0.3 is 28.6 Å². The van der Waals surface area contributed by atoms with Crippen molar-refractivity contribution < 1.29 is 33.3 Å². The number of fused-ring (bicyclic) bond motifs is 1. The summed E-state index contributed by atoms with van der Waals surface area (Å²) in [5, 5.41) is 16.7. The molecule has 1 aliphatic heterocycles. The van der Waals surface area contributed by atoms with Crippen LogP contribution >= 0.6 is 0 Å². The van der Waals surface area contributed by atoms with Crippen molar-refractivity contribution in [1.29, 1.82) is 0 Å². The Kier molecular flexibility index (Phi) is 13.5. The van der Waals surface area contributed by atoms with E-state index in [9.17, 15) is 14.7 Å². The van der Waals surface area contributed by atoms with Crippen molar-refractivity contribution in [2.75, 3.05) is 31.2 Å². The van der Waals surface area contributed by atoms with Gasteiger partial charge in [-0.1, -0.05) is 81.4 Å². The van der Waals surface area contributed by atoms with E-state index in [1.165, 1.54) is 21.0 Å². The highest BCUT2D eigenvalue weighted by molar-refractivity contribution is 6.99. The van der Waals surface area contributed by atoms with Crippen LogP contribution in [0.15, 0.2) is 66.7 Å². The normalized spacial score (nSPS) is 16.1. The topological polar surface area (TPSA) is 125 Å². The van der Waals surface area contributed by atoms with Gasteiger partial charge in [-0.3, -0.25) is 0 Å². The van der Waals surface area contributed by atoms with E-state index in [0.717, 1.165) is 32.1 Å². The minimum atomic E-state index is -2.62. The molecule has 2 aromatic heterocycles. The molecule has 2 aromatic carbocycles. The molecule has 3 heterocycles. The van der Waals surface area contributed by atoms with Crippen LogP contribution in [0.2, 0.25) is 5.04 Å². The zero-order valence-electron chi connectivity index (χ0n) is 35.1. The first-order chi connectivity index (χ1) is 26.4. The van der Waals surface area contributed by atoms with Crippen LogP contribution in [0.3, 0.4) is 0 Å². The first-order valence-corrected chi connectivity index (χ1v) is 22.0. The van der Waals surface area contributed by atoms with Gasteiger partial charge in [-0.15, -0.1) is 0 Å². The largest absolute Gasteiger partial charge is 0.476 e. The van der Waals surface area contributed by atoms with Crippen molar-refractivity contribution >= 4 is 42.1 Å². The van der Waals surface area contributed by atoms with Crippen molar-refractivity contribution in [3.05, 3.63) is 83.7 Å². The van der Waals surface area contributed by atoms with Gasteiger partial charge in [0, 0.05) is 37.6 Å². The van der Waals surface area contributed by atoms with Crippen molar-refractivity contribution in [2.24, 2.45) is 0 Å². The second-order valence-electron chi connectivity index (χ2n) is 17.3. The molecule has 1 saturated heterocycles. The number of carboxylic acids is 1. The van der Waals surface area contributed by atoms with Crippen LogP contribution in [-0.4, -0.2) is 83.6 Å². The fourth-order valence-electron chi connectivity index (χ4n) is 7.87. The summed E-state index contributed by atoms with van der Waals surface area (Å²) in [6.07, 6.45) is 3.25. The number of ether oxygens (including phenoxy) is 3. The van der Waals surface area contributed by atoms with Gasteiger partial charge in [0.05, 0.1) is 23.4 Å². The van der Waals surface area contributed by atoms with E-state index in [2.05, 4.69) is 110 Å². The second-order valence-corrected chi connectivity index (χ2v) is 21.5. The molecule has 12 heteroatoms. The highest BCUT2D eigenvalue weighted by Crippen LogP contribution is 2.40. The van der Waals surface area contributed by atoms with Crippen LogP contribution in [0.1, 0.15) is 122 Å². The Labute approximate surface area is 333 Å². The number of hydrogen-bond acceptors (Lipinski definition) is 9. The summed E-state index contributed by atoms with van der Waals surface area (Å²) in [5.41, 5.74) is 0.278. The van der Waals surface area contributed by atoms with E-state index >= 15 is 0 Å². The second kappa shape index (κ2) is 17.6. The minimum Gasteiger partial charge on any atom is -0.476 e. The summed E-state index contributed by atoms with van der Waals surface area (Å²) in [6, 6.07) is 23.0. The number of rotatable bonds is 16. The molecule has 11 nitrogen and oxygen atoms in total. The maximum Gasteiger partial charge on any atom is 0.356 e. The Morgan fingerprint density at radius 1 is 0.946 bits per heavy atom. The average molecular weight is 787 g/mol. The van der Waals surface area contributed by atoms with Crippen molar-refractivity contribution in [3.63, 3.8) is 0 Å². The first-order valence-electron chi connectivity index (χ1n) is 20.0. The van der Waals surface area contributed by atoms with E-state index in [0.29, 0.717) is 42.4 Å². The third kappa shape index (κ3) is 9.70. The van der Waals surface area contributed by atoms with Gasteiger partial charge in [0.25, 0.3) is 8.32 Å². The molecule has 1 aliphatic rings. The number of unbranched alkanes of at least 4 members (excludes halogenated alkanes) is 1. The number of benzene rings is 2. The molecule has 5 rings (SSSR count). The quantitative estimate of drug-likeness (QED) is 0.0688. The monoisotopic (exact) mass is 786 g/mol. The summed E-state index contributed by atoms with van der Waals surface area (Å²) in [7, 11) is -2.62. The van der Waals surface area contributed by atoms with Gasteiger partial charge >= 0.3 is 11.9 Å². The van der Waals surface area contributed by atoms with Crippen LogP contribution < -0.4 is 15.3 Å². The van der Waals surface area contributed by atoms with Gasteiger partial charge in [-0.05, 0) is 96.0 Å². The highest BCUT2D eigenvalue weighted by atomic mass is 28.4. The van der Waals surface area contributed by atoms with Gasteiger partial charge in [-0.25, -0.2) is 14.6 Å². The Morgan fingerprint density at radius 3 is 2.05 bits per heavy atom. The van der Waals surface area contributed by atoms with E-state index in [4.69, 9.17) is 18.6 Å². The summed E-state index contributed by atoms with van der Waals surface area (Å²) < 4.78 is 27.3. The highest BCUT2D eigenvalue weighted by Gasteiger charge is 2.51. The standard InChI is InChI=1S/C44H62N4O7Si/c1-11-52-41(51)38(54-42(4,5)6)37-32(3)45-36-30-35(40(49)50)46-48(36)39(37)47-27-25-44(10,26-28-47)53-29-19-18-20-31(2)55-56(43(7,8)9,33-21-14-12-15-22-33)34-23-16-13-17-24-34/h12-17,21-24,30-31,38H,11,18-20,25-29H2,1-10H3,(H,49,50)/t31?,38-/m0/s1. The molecular weight excluding hydrogens is 725 g/mol. The van der Waals surface area contributed by atoms with E-state index in [1.807, 2.05) is 27.7 Å². The van der Waals surface area contributed by atoms with E-state index < -0.39 is 32.0 Å². The molecular formula is C44H62N4O7Si. The van der Waals surface area contributed by atoms with Crippen LogP contribution in [-0.2, 0) is 23.4 Å². The number of carbonyl (C=O) groups is 2. The molecule has 0 aliphatic carbocycles. The maximum atomic E-state index is 13.5. The molecule has 56 heavy (non-hydrogen) atoms. The molecule has 1 unspecified atom stereocenters. The molecule has 0 amide bonds. The maximum absolute atomic E-state index is 13.5. The zero-order valence-corrected chi connectivity index (χ0v) is 36.1. The number of esters is 1. The fourth-order valence-corrected chi connectivity index (χ4v) is 12.6. The molecule has 1 fully saturated rings. The lowest BCUT2D eigenvalue weighted by Gasteiger charge is -2.44. The number of aromatic carboxylic acids is 1. The number of aryl methyl sites for hydroxylation is 1. The predicted octanol–water partition coefficient (Wildman–Crippen LogP) is 7.67. The summed E-state index contributed by atoms with van der Waals surface area (Å²) in [4.78, 5) is 32.3. The fraction of sp³-hybridized carbons (Fsp3) is 0.545. The van der Waals surface area contributed by atoms with Crippen molar-refractivity contribution in [1.82, 2.24) is 14.6 Å². The van der Waals surface area contributed by atoms with Crippen LogP contribution in [0, 0.1) is 6.92 Å². The van der Waals surface area contributed by atoms with Crippen molar-refractivity contribution in [3.8, 4) is 0 Å². The summed E-state index contributed by atoms with van der Waals surface area (Å²) >= 11 is 0. The number of nitrogens with zero attached hydrogens (tertiary/aromatic N) is 4. The third-order valence-corrected chi connectivity index (χ3v) is 15.8. The van der Waals surface area contributed by atoms with Crippen molar-refractivity contribution in [2.45, 2.75) is 130 Å². The summed E-state index contributed by atoms with van der Waals surface area (Å²) in [5.74, 6) is -1.11. The lowest BCUT2D eigenvalue weighted by Crippen LogP contribution is -2.67. The molecule has 0 spiro atoms. The summed E-state index contributed by atoms with van der Waals surface area (Å²) in [6.45, 7) is 22.5. The smallest absolute Gasteiger partial charge is 0.356 e. The minimum absolute atomic E-state index is 0.0691. The lowest BCUT2D eigenvalue weighted by molar-refractivity contribution is -0.166. The number of hydrogen-bond donors (Lipinski definition) is 1. The SMILES string of the molecule is CCOC(=O)[C@@H](OC(C)(C)C)c1c(C)nc2cc(C(=O)O)nn2c1N1CCC(C)(OCCCCC(C)O[Si](c2ccccc2)(c2ccccc2)C(C)(C)C)CC1. The number of carbonyl (C=O) groups excluding carboxylic acids is 1. The van der Waals surface area contributed by atoms with Gasteiger partial charge in [0.15, 0.2) is 17.4 Å². The first kappa shape index (κ1) is 43.0. The number of carboxylic acid groups (broad SMARTS) is 1. The Balaban J connectivity index is 1.27. The van der Waals surface area contributed by atoms with Crippen LogP contribution in [0.4, 0.5) is 5.82 Å². The molecule has 4 aromatic rings. The third-order valence-electron chi connectivity index (χ3n) is 10.6. The van der Waals surface area contributed by atoms with Gasteiger partial charge in [-0.2, -0.15) is 9.61 Å². The zero-order chi connectivity index (χ0) is 40.9. The Bertz CT molecular complexity index is 1890. The number of anilines is 1. The molecule has 0 bridgehead atoms. The van der Waals surface area contributed by atoms with E-state index in [-0.39, 0.29) is 29.0 Å². The van der Waals surface area contributed by atoms with Crippen LogP contribution in [0.25, 0.3) is 5.65 Å².